The van der Waals surface area contributed by atoms with Crippen LogP contribution in [0.4, 0.5) is 0 Å². The summed E-state index contributed by atoms with van der Waals surface area (Å²) in [6.07, 6.45) is 73.4. The van der Waals surface area contributed by atoms with E-state index in [0.717, 1.165) is 102 Å². The molecule has 0 radical (unpaired) electrons. The summed E-state index contributed by atoms with van der Waals surface area (Å²) in [5.74, 6) is -0.412. The van der Waals surface area contributed by atoms with Crippen molar-refractivity contribution >= 4 is 39.5 Å². The van der Waals surface area contributed by atoms with E-state index in [4.69, 9.17) is 37.0 Å². The van der Waals surface area contributed by atoms with Crippen LogP contribution in [-0.4, -0.2) is 96.7 Å². The van der Waals surface area contributed by atoms with Crippen LogP contribution in [0, 0.1) is 11.8 Å². The van der Waals surface area contributed by atoms with Gasteiger partial charge in [-0.3, -0.25) is 37.3 Å². The van der Waals surface area contributed by atoms with Gasteiger partial charge in [0.2, 0.25) is 0 Å². The number of carbonyl (C=O) groups excluding carboxylic acids is 4. The third-order valence-corrected chi connectivity index (χ3v) is 23.2. The summed E-state index contributed by atoms with van der Waals surface area (Å²) in [5, 5.41) is 10.7. The van der Waals surface area contributed by atoms with E-state index in [1.165, 1.54) is 295 Å². The second-order valence-electron chi connectivity index (χ2n) is 32.7. The average Bonchev–Trinajstić information content (AvgIpc) is 0.897. The van der Waals surface area contributed by atoms with Crippen LogP contribution in [0.5, 0.6) is 0 Å². The van der Waals surface area contributed by atoms with Crippen molar-refractivity contribution in [1.29, 1.82) is 0 Å². The summed E-state index contributed by atoms with van der Waals surface area (Å²) in [4.78, 5) is 73.3. The van der Waals surface area contributed by atoms with E-state index in [-0.39, 0.29) is 25.7 Å². The molecule has 6 atom stereocenters. The molecule has 108 heavy (non-hydrogen) atoms. The van der Waals surface area contributed by atoms with Crippen LogP contribution in [0.25, 0.3) is 0 Å². The molecule has 3 unspecified atom stereocenters. The van der Waals surface area contributed by atoms with Crippen LogP contribution >= 0.6 is 15.6 Å². The fourth-order valence-corrected chi connectivity index (χ4v) is 15.5. The van der Waals surface area contributed by atoms with Gasteiger partial charge in [-0.1, -0.05) is 427 Å². The molecule has 0 saturated carbocycles. The fourth-order valence-electron chi connectivity index (χ4n) is 13.9. The Morgan fingerprint density at radius 2 is 0.472 bits per heavy atom. The van der Waals surface area contributed by atoms with Crippen molar-refractivity contribution in [3.8, 4) is 0 Å². The highest BCUT2D eigenvalue weighted by Crippen LogP contribution is 2.45. The lowest BCUT2D eigenvalue weighted by Gasteiger charge is -2.21. The van der Waals surface area contributed by atoms with Crippen molar-refractivity contribution in [1.82, 2.24) is 0 Å². The normalized spacial score (nSPS) is 14.0. The van der Waals surface area contributed by atoms with Crippen molar-refractivity contribution in [2.75, 3.05) is 39.6 Å². The zero-order chi connectivity index (χ0) is 79.2. The highest BCUT2D eigenvalue weighted by atomic mass is 31.2. The van der Waals surface area contributed by atoms with Crippen LogP contribution in [0.15, 0.2) is 0 Å². The topological polar surface area (TPSA) is 237 Å². The van der Waals surface area contributed by atoms with Gasteiger partial charge in [0.15, 0.2) is 12.2 Å². The van der Waals surface area contributed by atoms with Gasteiger partial charge in [0.05, 0.1) is 26.4 Å². The van der Waals surface area contributed by atoms with Crippen LogP contribution in [0.1, 0.15) is 478 Å². The van der Waals surface area contributed by atoms with Gasteiger partial charge in [0.1, 0.15) is 19.3 Å². The van der Waals surface area contributed by atoms with Crippen molar-refractivity contribution in [2.45, 2.75) is 496 Å². The Morgan fingerprint density at radius 1 is 0.269 bits per heavy atom. The molecule has 19 heteroatoms. The van der Waals surface area contributed by atoms with Gasteiger partial charge in [0.25, 0.3) is 0 Å². The molecule has 0 saturated heterocycles. The predicted molar refractivity (Wildman–Crippen MR) is 446 cm³/mol. The van der Waals surface area contributed by atoms with Gasteiger partial charge in [-0.15, -0.1) is 0 Å². The molecule has 3 N–H and O–H groups in total. The van der Waals surface area contributed by atoms with E-state index in [0.29, 0.717) is 25.7 Å². The largest absolute Gasteiger partial charge is 0.472 e. The number of hydrogen-bond donors (Lipinski definition) is 3. The molecule has 0 amide bonds. The smallest absolute Gasteiger partial charge is 0.462 e. The Kier molecular flexibility index (Phi) is 78.8. The molecule has 0 spiro atoms. The minimum Gasteiger partial charge on any atom is -0.462 e. The number of phosphoric acid groups is 2. The minimum atomic E-state index is -4.97. The van der Waals surface area contributed by atoms with Crippen LogP contribution in [0.3, 0.4) is 0 Å². The first kappa shape index (κ1) is 106. The summed E-state index contributed by atoms with van der Waals surface area (Å²) >= 11 is 0. The molecule has 0 aliphatic heterocycles. The van der Waals surface area contributed by atoms with Gasteiger partial charge >= 0.3 is 39.5 Å². The molecular formula is C89H174O17P2. The maximum absolute atomic E-state index is 13.2. The molecule has 0 aromatic rings. The van der Waals surface area contributed by atoms with E-state index in [1.54, 1.807) is 0 Å². The van der Waals surface area contributed by atoms with Crippen molar-refractivity contribution in [3.05, 3.63) is 0 Å². The molecule has 0 rings (SSSR count). The molecule has 642 valence electrons. The molecule has 0 aromatic carbocycles. The molecule has 17 nitrogen and oxygen atoms in total. The summed E-state index contributed by atoms with van der Waals surface area (Å²) in [6.45, 7) is 9.80. The molecule has 0 aliphatic carbocycles. The van der Waals surface area contributed by atoms with Gasteiger partial charge in [-0.25, -0.2) is 9.13 Å². The average molecular weight is 1580 g/mol. The van der Waals surface area contributed by atoms with E-state index < -0.39 is 97.5 Å². The van der Waals surface area contributed by atoms with E-state index in [2.05, 4.69) is 41.5 Å². The van der Waals surface area contributed by atoms with Crippen molar-refractivity contribution in [2.24, 2.45) is 11.8 Å². The van der Waals surface area contributed by atoms with E-state index in [1.807, 2.05) is 0 Å². The van der Waals surface area contributed by atoms with Crippen molar-refractivity contribution < 1.29 is 80.2 Å². The number of unbranched alkanes of at least 4 members (excludes halogenated alkanes) is 57. The minimum absolute atomic E-state index is 0.109. The Labute approximate surface area is 664 Å². The van der Waals surface area contributed by atoms with Gasteiger partial charge < -0.3 is 33.8 Å². The summed E-state index contributed by atoms with van der Waals surface area (Å²) in [6, 6.07) is 0. The Morgan fingerprint density at radius 3 is 0.704 bits per heavy atom. The molecular weight excluding hydrogens is 1400 g/mol. The number of ether oxygens (including phenoxy) is 4. The lowest BCUT2D eigenvalue weighted by atomic mass is 9.99. The molecule has 0 heterocycles. The number of hydrogen-bond acceptors (Lipinski definition) is 15. The molecule has 0 fully saturated rings. The number of carbonyl (C=O) groups is 4. The second-order valence-corrected chi connectivity index (χ2v) is 35.6. The maximum Gasteiger partial charge on any atom is 0.472 e. The lowest BCUT2D eigenvalue weighted by molar-refractivity contribution is -0.161. The molecule has 0 aliphatic rings. The first-order valence-corrected chi connectivity index (χ1v) is 49.0. The highest BCUT2D eigenvalue weighted by molar-refractivity contribution is 7.47. The van der Waals surface area contributed by atoms with Crippen LogP contribution < -0.4 is 0 Å². The first-order chi connectivity index (χ1) is 52.4. The zero-order valence-corrected chi connectivity index (χ0v) is 73.0. The predicted octanol–water partition coefficient (Wildman–Crippen LogP) is 27.4. The number of phosphoric ester groups is 2. The lowest BCUT2D eigenvalue weighted by Crippen LogP contribution is -2.30. The Hall–Kier alpha value is -1.94. The number of esters is 4. The molecule has 0 aromatic heterocycles. The highest BCUT2D eigenvalue weighted by Gasteiger charge is 2.31. The quantitative estimate of drug-likeness (QED) is 0.0222. The fraction of sp³-hybridized carbons (Fsp3) is 0.955. The van der Waals surface area contributed by atoms with Gasteiger partial charge in [0, 0.05) is 25.7 Å². The monoisotopic (exact) mass is 1580 g/mol. The van der Waals surface area contributed by atoms with Crippen molar-refractivity contribution in [3.63, 3.8) is 0 Å². The third kappa shape index (κ3) is 80.7. The summed E-state index contributed by atoms with van der Waals surface area (Å²) < 4.78 is 69.0. The van der Waals surface area contributed by atoms with Gasteiger partial charge in [-0.2, -0.15) is 0 Å². The first-order valence-electron chi connectivity index (χ1n) is 46.0. The van der Waals surface area contributed by atoms with E-state index in [9.17, 15) is 43.2 Å². The summed E-state index contributed by atoms with van der Waals surface area (Å²) in [7, 11) is -9.93. The third-order valence-electron chi connectivity index (χ3n) is 21.3. The summed E-state index contributed by atoms with van der Waals surface area (Å²) in [5.41, 5.74) is 0. The molecule has 0 bridgehead atoms. The Balaban J connectivity index is 5.24. The number of aliphatic hydroxyl groups excluding tert-OH is 1. The van der Waals surface area contributed by atoms with Crippen LogP contribution in [0.2, 0.25) is 0 Å². The van der Waals surface area contributed by atoms with E-state index >= 15 is 0 Å². The zero-order valence-electron chi connectivity index (χ0n) is 71.2. The SMILES string of the molecule is CCCCCCCCCCCCCCCCC(=O)O[C@H](COC(=O)CCCCCCCCCCCCCCC)COP(=O)(O)OC[C@H](O)COP(=O)(O)OC[C@@H](COC(=O)CCCCCCCCCCCCCCCCCCC(C)C)OC(=O)CCCCCCCCCCCCCCCCCCCCC(C)CC. The van der Waals surface area contributed by atoms with Crippen LogP contribution in [-0.2, 0) is 65.4 Å². The standard InChI is InChI=1S/C89H174O17P2/c1-7-10-12-14-16-18-20-22-36-43-49-55-61-67-73-88(93)105-84(77-99-86(91)71-65-59-53-47-41-33-21-19-17-15-13-11-8-2)79-103-107(95,96)101-75-83(90)76-102-108(97,98)104-80-85(78-100-87(92)72-66-60-54-48-42-37-31-28-27-29-34-39-45-51-57-63-69-81(4)5)106-89(94)74-68-62-56-50-44-38-32-26-24-23-25-30-35-40-46-52-58-64-70-82(6)9-3/h81-85,90H,7-80H2,1-6H3,(H,95,96)(H,97,98)/t82?,83-,84+,85+/m0/s1. The second kappa shape index (κ2) is 80.3. The Bertz CT molecular complexity index is 2070. The number of aliphatic hydroxyl groups is 1. The number of rotatable bonds is 88. The van der Waals surface area contributed by atoms with Gasteiger partial charge in [-0.05, 0) is 37.5 Å². The maximum atomic E-state index is 13.2.